The van der Waals surface area contributed by atoms with Gasteiger partial charge in [-0.25, -0.2) is 8.78 Å². The Morgan fingerprint density at radius 1 is 1.33 bits per heavy atom. The van der Waals surface area contributed by atoms with Crippen LogP contribution in [0, 0.1) is 17.0 Å². The first-order valence-electron chi connectivity index (χ1n) is 5.86. The molecule has 0 spiro atoms. The Hall–Kier alpha value is -0.290. The lowest BCUT2D eigenvalue weighted by Gasteiger charge is -2.35. The summed E-state index contributed by atoms with van der Waals surface area (Å²) in [5.41, 5.74) is 0.490. The zero-order chi connectivity index (χ0) is 13.3. The number of anilines is 1. The van der Waals surface area contributed by atoms with Crippen LogP contribution in [0.15, 0.2) is 16.6 Å². The molecule has 1 atom stereocenters. The van der Waals surface area contributed by atoms with Crippen molar-refractivity contribution >= 4 is 33.4 Å². The maximum absolute atomic E-state index is 13.7. The molecule has 1 aromatic carbocycles. The van der Waals surface area contributed by atoms with Gasteiger partial charge in [0.2, 0.25) is 0 Å². The quantitative estimate of drug-likeness (QED) is 0.788. The van der Waals surface area contributed by atoms with Crippen molar-refractivity contribution in [3.63, 3.8) is 0 Å². The van der Waals surface area contributed by atoms with Gasteiger partial charge in [0.1, 0.15) is 11.6 Å². The van der Waals surface area contributed by atoms with Crippen molar-refractivity contribution in [3.8, 4) is 0 Å². The number of thioether (sulfide) groups is 1. The monoisotopic (exact) mass is 335 g/mol. The van der Waals surface area contributed by atoms with Crippen LogP contribution in [0.4, 0.5) is 14.5 Å². The van der Waals surface area contributed by atoms with Crippen LogP contribution in [0.5, 0.6) is 0 Å². The van der Waals surface area contributed by atoms with Gasteiger partial charge >= 0.3 is 0 Å². The molecule has 0 aliphatic carbocycles. The topological polar surface area (TPSA) is 12.0 Å². The smallest absolute Gasteiger partial charge is 0.147 e. The fraction of sp³-hybridized carbons (Fsp3) is 0.538. The molecule has 1 N–H and O–H groups in total. The average Bonchev–Trinajstić information content (AvgIpc) is 2.24. The summed E-state index contributed by atoms with van der Waals surface area (Å²) in [5.74, 6) is 1.18. The molecule has 1 fully saturated rings. The molecule has 0 saturated carbocycles. The third kappa shape index (κ3) is 3.38. The molecular weight excluding hydrogens is 320 g/mol. The predicted octanol–water partition coefficient (Wildman–Crippen LogP) is 4.67. The summed E-state index contributed by atoms with van der Waals surface area (Å²) in [4.78, 5) is 0. The molecule has 0 radical (unpaired) electrons. The maximum atomic E-state index is 13.7. The second-order valence-electron chi connectivity index (χ2n) is 5.47. The van der Waals surface area contributed by atoms with E-state index in [0.717, 1.165) is 17.9 Å². The van der Waals surface area contributed by atoms with Crippen molar-refractivity contribution in [1.82, 2.24) is 0 Å². The molecule has 1 nitrogen and oxygen atoms in total. The second kappa shape index (κ2) is 5.37. The predicted molar refractivity (Wildman–Crippen MR) is 77.2 cm³/mol. The van der Waals surface area contributed by atoms with Gasteiger partial charge in [0.05, 0.1) is 10.2 Å². The zero-order valence-electron chi connectivity index (χ0n) is 10.4. The third-order valence-electron chi connectivity index (χ3n) is 2.98. The Labute approximate surface area is 119 Å². The molecule has 0 amide bonds. The Morgan fingerprint density at radius 2 is 2.06 bits per heavy atom. The normalized spacial score (nSPS) is 22.8. The molecule has 1 aromatic rings. The van der Waals surface area contributed by atoms with Crippen molar-refractivity contribution in [1.29, 1.82) is 0 Å². The average molecular weight is 336 g/mol. The highest BCUT2D eigenvalue weighted by Crippen LogP contribution is 2.35. The molecule has 5 heteroatoms. The van der Waals surface area contributed by atoms with Crippen LogP contribution in [-0.2, 0) is 0 Å². The lowest BCUT2D eigenvalue weighted by molar-refractivity contribution is 0.357. The van der Waals surface area contributed by atoms with Crippen LogP contribution >= 0.6 is 27.7 Å². The largest absolute Gasteiger partial charge is 0.379 e. The highest BCUT2D eigenvalue weighted by molar-refractivity contribution is 9.10. The Morgan fingerprint density at radius 3 is 2.72 bits per heavy atom. The number of hydrogen-bond donors (Lipinski definition) is 1. The van der Waals surface area contributed by atoms with E-state index in [4.69, 9.17) is 0 Å². The van der Waals surface area contributed by atoms with Gasteiger partial charge < -0.3 is 5.32 Å². The van der Waals surface area contributed by atoms with E-state index in [1.165, 1.54) is 12.1 Å². The highest BCUT2D eigenvalue weighted by Gasteiger charge is 2.28. The first-order valence-corrected chi connectivity index (χ1v) is 7.81. The van der Waals surface area contributed by atoms with Crippen molar-refractivity contribution in [3.05, 3.63) is 28.2 Å². The lowest BCUT2D eigenvalue weighted by atomic mass is 9.88. The van der Waals surface area contributed by atoms with Crippen LogP contribution in [0.3, 0.4) is 0 Å². The van der Waals surface area contributed by atoms with Crippen molar-refractivity contribution in [2.45, 2.75) is 26.3 Å². The van der Waals surface area contributed by atoms with Gasteiger partial charge in [-0.3, -0.25) is 0 Å². The molecule has 18 heavy (non-hydrogen) atoms. The van der Waals surface area contributed by atoms with E-state index in [1.54, 1.807) is 0 Å². The van der Waals surface area contributed by atoms with Gasteiger partial charge in [-0.15, -0.1) is 0 Å². The third-order valence-corrected chi connectivity index (χ3v) is 5.21. The molecule has 2 rings (SSSR count). The summed E-state index contributed by atoms with van der Waals surface area (Å²) in [6.45, 7) is 4.40. The zero-order valence-corrected chi connectivity index (χ0v) is 12.8. The van der Waals surface area contributed by atoms with E-state index in [-0.39, 0.29) is 21.6 Å². The van der Waals surface area contributed by atoms with E-state index < -0.39 is 11.6 Å². The Bertz CT molecular complexity index is 451. The van der Waals surface area contributed by atoms with Gasteiger partial charge in [0.25, 0.3) is 0 Å². The maximum Gasteiger partial charge on any atom is 0.147 e. The first-order chi connectivity index (χ1) is 8.37. The highest BCUT2D eigenvalue weighted by atomic mass is 79.9. The minimum absolute atomic E-state index is 0.156. The van der Waals surface area contributed by atoms with E-state index in [9.17, 15) is 8.78 Å². The molecule has 1 saturated heterocycles. The number of halogens is 3. The Balaban J connectivity index is 2.12. The standard InChI is InChI=1S/C13H16BrF2NS/c1-13(2)5-8(6-18-7-13)17-12-4-10(15)9(14)3-11(12)16/h3-4,8,17H,5-7H2,1-2H3. The van der Waals surface area contributed by atoms with Gasteiger partial charge in [-0.1, -0.05) is 13.8 Å². The molecule has 100 valence electrons. The fourth-order valence-electron chi connectivity index (χ4n) is 2.21. The van der Waals surface area contributed by atoms with Gasteiger partial charge in [-0.05, 0) is 39.6 Å². The van der Waals surface area contributed by atoms with E-state index >= 15 is 0 Å². The summed E-state index contributed by atoms with van der Waals surface area (Å²) in [6, 6.07) is 2.57. The number of rotatable bonds is 2. The summed E-state index contributed by atoms with van der Waals surface area (Å²) >= 11 is 4.83. The van der Waals surface area contributed by atoms with E-state index in [0.29, 0.717) is 0 Å². The summed E-state index contributed by atoms with van der Waals surface area (Å²) in [5, 5.41) is 3.12. The summed E-state index contributed by atoms with van der Waals surface area (Å²) in [7, 11) is 0. The Kier molecular flexibility index (Phi) is 4.22. The second-order valence-corrected chi connectivity index (χ2v) is 7.36. The minimum atomic E-state index is -0.443. The molecule has 0 bridgehead atoms. The molecular formula is C13H16BrF2NS. The van der Waals surface area contributed by atoms with Crippen LogP contribution in [-0.4, -0.2) is 17.5 Å². The van der Waals surface area contributed by atoms with Gasteiger partial charge in [0.15, 0.2) is 0 Å². The van der Waals surface area contributed by atoms with Crippen molar-refractivity contribution in [2.75, 3.05) is 16.8 Å². The molecule has 1 aliphatic heterocycles. The summed E-state index contributed by atoms with van der Waals surface area (Å²) < 4.78 is 27.3. The van der Waals surface area contributed by atoms with Crippen LogP contribution in [0.2, 0.25) is 0 Å². The fourth-order valence-corrected chi connectivity index (χ4v) is 3.80. The summed E-state index contributed by atoms with van der Waals surface area (Å²) in [6.07, 6.45) is 0.969. The SMILES string of the molecule is CC1(C)CSCC(Nc2cc(F)c(Br)cc2F)C1. The number of benzene rings is 1. The number of nitrogens with one attached hydrogen (secondary N) is 1. The molecule has 1 heterocycles. The minimum Gasteiger partial charge on any atom is -0.379 e. The van der Waals surface area contributed by atoms with E-state index in [2.05, 4.69) is 35.1 Å². The van der Waals surface area contributed by atoms with Crippen LogP contribution < -0.4 is 5.32 Å². The van der Waals surface area contributed by atoms with Gasteiger partial charge in [0, 0.05) is 17.9 Å². The molecule has 1 aliphatic rings. The van der Waals surface area contributed by atoms with E-state index in [1.807, 2.05) is 11.8 Å². The number of hydrogen-bond acceptors (Lipinski definition) is 2. The van der Waals surface area contributed by atoms with Crippen LogP contribution in [0.1, 0.15) is 20.3 Å². The van der Waals surface area contributed by atoms with Crippen molar-refractivity contribution in [2.24, 2.45) is 5.41 Å². The molecule has 0 aromatic heterocycles. The first kappa shape index (κ1) is 14.1. The van der Waals surface area contributed by atoms with Gasteiger partial charge in [-0.2, -0.15) is 11.8 Å². The van der Waals surface area contributed by atoms with Crippen molar-refractivity contribution < 1.29 is 8.78 Å². The lowest BCUT2D eigenvalue weighted by Crippen LogP contribution is -2.35. The molecule has 1 unspecified atom stereocenters. The van der Waals surface area contributed by atoms with Crippen LogP contribution in [0.25, 0.3) is 0 Å².